The predicted octanol–water partition coefficient (Wildman–Crippen LogP) is 7.16. The van der Waals surface area contributed by atoms with Gasteiger partial charge < -0.3 is 9.88 Å². The average Bonchev–Trinajstić information content (AvgIpc) is 3.54. The first-order valence-electron chi connectivity index (χ1n) is 12.7. The quantitative estimate of drug-likeness (QED) is 0.208. The molecule has 0 saturated heterocycles. The fraction of sp³-hybridized carbons (Fsp3) is 0.194. The number of nitrogens with one attached hydrogen (secondary N) is 2. The lowest BCUT2D eigenvalue weighted by atomic mass is 10.0. The smallest absolute Gasteiger partial charge is 0.123 e. The first-order chi connectivity index (χ1) is 18.5. The van der Waals surface area contributed by atoms with Gasteiger partial charge in [0.2, 0.25) is 0 Å². The van der Waals surface area contributed by atoms with E-state index in [0.717, 1.165) is 75.1 Å². The minimum atomic E-state index is -0.290. The molecule has 0 aliphatic heterocycles. The van der Waals surface area contributed by atoms with Crippen molar-refractivity contribution in [2.24, 2.45) is 0 Å². The summed E-state index contributed by atoms with van der Waals surface area (Å²) in [5.74, 6) is -0.290. The molecule has 0 fully saturated rings. The Bertz CT molecular complexity index is 1670. The second kappa shape index (κ2) is 10.9. The van der Waals surface area contributed by atoms with Crippen molar-refractivity contribution >= 4 is 27.4 Å². The molecular weight excluding hydrogens is 475 g/mol. The maximum atomic E-state index is 13.9. The van der Waals surface area contributed by atoms with Gasteiger partial charge in [-0.25, -0.2) is 4.39 Å². The minimum absolute atomic E-state index is 0.290. The highest BCUT2D eigenvalue weighted by Crippen LogP contribution is 2.33. The largest absolute Gasteiger partial charge is 0.353 e. The second-order valence-electron chi connectivity index (χ2n) is 9.58. The summed E-state index contributed by atoms with van der Waals surface area (Å²) in [7, 11) is 4.17. The minimum Gasteiger partial charge on any atom is -0.353 e. The van der Waals surface area contributed by atoms with Gasteiger partial charge in [0.1, 0.15) is 11.5 Å². The monoisotopic (exact) mass is 506 g/mol. The van der Waals surface area contributed by atoms with Crippen LogP contribution in [0.1, 0.15) is 25.5 Å². The number of aromatic nitrogens is 5. The van der Waals surface area contributed by atoms with Crippen LogP contribution in [-0.4, -0.2) is 50.7 Å². The lowest BCUT2D eigenvalue weighted by Gasteiger charge is -2.10. The summed E-state index contributed by atoms with van der Waals surface area (Å²) in [6, 6.07) is 12.5. The maximum absolute atomic E-state index is 13.9. The molecule has 0 saturated carbocycles. The molecule has 7 heteroatoms. The molecule has 0 atom stereocenters. The number of pyridine rings is 2. The number of halogens is 1. The van der Waals surface area contributed by atoms with Gasteiger partial charge in [0.15, 0.2) is 0 Å². The van der Waals surface area contributed by atoms with Crippen molar-refractivity contribution in [3.63, 3.8) is 0 Å². The third-order valence-corrected chi connectivity index (χ3v) is 6.63. The van der Waals surface area contributed by atoms with Crippen LogP contribution in [0.15, 0.2) is 85.2 Å². The van der Waals surface area contributed by atoms with Crippen LogP contribution >= 0.6 is 0 Å². The average molecular weight is 507 g/mol. The van der Waals surface area contributed by atoms with Gasteiger partial charge in [-0.2, -0.15) is 5.10 Å². The summed E-state index contributed by atoms with van der Waals surface area (Å²) in [5, 5.41) is 9.58. The highest BCUT2D eigenvalue weighted by Gasteiger charge is 2.16. The van der Waals surface area contributed by atoms with Crippen LogP contribution in [0, 0.1) is 5.82 Å². The van der Waals surface area contributed by atoms with Crippen molar-refractivity contribution in [3.05, 3.63) is 96.7 Å². The van der Waals surface area contributed by atoms with Crippen molar-refractivity contribution < 1.29 is 4.39 Å². The maximum Gasteiger partial charge on any atom is 0.123 e. The van der Waals surface area contributed by atoms with E-state index in [-0.39, 0.29) is 5.82 Å². The van der Waals surface area contributed by atoms with Gasteiger partial charge in [-0.15, -0.1) is 0 Å². The fourth-order valence-electron chi connectivity index (χ4n) is 4.66. The van der Waals surface area contributed by atoms with Gasteiger partial charge in [-0.3, -0.25) is 15.1 Å². The molecule has 0 aliphatic carbocycles. The highest BCUT2D eigenvalue weighted by molar-refractivity contribution is 6.00. The Kier molecular flexibility index (Phi) is 7.29. The summed E-state index contributed by atoms with van der Waals surface area (Å²) in [4.78, 5) is 14.9. The molecule has 0 radical (unpaired) electrons. The lowest BCUT2D eigenvalue weighted by molar-refractivity contribution is 0.400. The molecule has 0 spiro atoms. The topological polar surface area (TPSA) is 73.5 Å². The number of benzene rings is 1. The Morgan fingerprint density at radius 2 is 1.89 bits per heavy atom. The van der Waals surface area contributed by atoms with Crippen LogP contribution < -0.4 is 0 Å². The molecule has 0 amide bonds. The van der Waals surface area contributed by atoms with Gasteiger partial charge in [0.25, 0.3) is 0 Å². The molecule has 5 aromatic rings. The van der Waals surface area contributed by atoms with E-state index in [1.807, 2.05) is 37.4 Å². The second-order valence-corrected chi connectivity index (χ2v) is 9.58. The predicted molar refractivity (Wildman–Crippen MR) is 154 cm³/mol. The normalized spacial score (nSPS) is 12.7. The number of hydrogen-bond donors (Lipinski definition) is 2. The van der Waals surface area contributed by atoms with E-state index in [0.29, 0.717) is 0 Å². The molecular formula is C31H31FN6. The zero-order chi connectivity index (χ0) is 26.6. The van der Waals surface area contributed by atoms with Crippen LogP contribution in [0.5, 0.6) is 0 Å². The summed E-state index contributed by atoms with van der Waals surface area (Å²) in [6.07, 6.45) is 11.7. The summed E-state index contributed by atoms with van der Waals surface area (Å²) < 4.78 is 13.9. The zero-order valence-corrected chi connectivity index (χ0v) is 21.9. The Balaban J connectivity index is 1.52. The summed E-state index contributed by atoms with van der Waals surface area (Å²) in [6.45, 7) is 7.06. The van der Waals surface area contributed by atoms with Crippen molar-refractivity contribution in [1.29, 1.82) is 0 Å². The molecule has 4 aromatic heterocycles. The van der Waals surface area contributed by atoms with Crippen LogP contribution in [0.25, 0.3) is 50.0 Å². The van der Waals surface area contributed by atoms with Crippen molar-refractivity contribution in [2.45, 2.75) is 19.8 Å². The Morgan fingerprint density at radius 1 is 1.05 bits per heavy atom. The first-order valence-corrected chi connectivity index (χ1v) is 12.7. The first kappa shape index (κ1) is 25.3. The van der Waals surface area contributed by atoms with Crippen LogP contribution in [0.3, 0.4) is 0 Å². The van der Waals surface area contributed by atoms with E-state index in [1.165, 1.54) is 17.7 Å². The van der Waals surface area contributed by atoms with Crippen molar-refractivity contribution in [1.82, 2.24) is 30.0 Å². The van der Waals surface area contributed by atoms with Gasteiger partial charge in [-0.05, 0) is 88.0 Å². The molecule has 4 heterocycles. The van der Waals surface area contributed by atoms with Gasteiger partial charge in [0, 0.05) is 28.0 Å². The van der Waals surface area contributed by atoms with E-state index < -0.39 is 0 Å². The Labute approximate surface area is 221 Å². The van der Waals surface area contributed by atoms with Crippen molar-refractivity contribution in [3.8, 4) is 22.6 Å². The molecule has 192 valence electrons. The Hall–Kier alpha value is -4.36. The molecule has 5 rings (SSSR count). The van der Waals surface area contributed by atoms with Crippen LogP contribution in [0.4, 0.5) is 4.39 Å². The van der Waals surface area contributed by atoms with Gasteiger partial charge in [-0.1, -0.05) is 30.9 Å². The SMILES string of the molecule is C=C/C(=C\C(=C/C)c1cc2c(-c3cc4c(-c5cccc(F)c5)nccc4[nH]3)n[nH]c2cn1)CCCN(C)C. The van der Waals surface area contributed by atoms with E-state index in [2.05, 4.69) is 64.0 Å². The van der Waals surface area contributed by atoms with Crippen molar-refractivity contribution in [2.75, 3.05) is 20.6 Å². The Morgan fingerprint density at radius 3 is 2.66 bits per heavy atom. The number of H-pyrrole nitrogens is 2. The fourth-order valence-corrected chi connectivity index (χ4v) is 4.66. The zero-order valence-electron chi connectivity index (χ0n) is 21.9. The third kappa shape index (κ3) is 5.19. The highest BCUT2D eigenvalue weighted by atomic mass is 19.1. The van der Waals surface area contributed by atoms with E-state index in [1.54, 1.807) is 12.3 Å². The molecule has 6 nitrogen and oxygen atoms in total. The number of hydrogen-bond acceptors (Lipinski definition) is 4. The van der Waals surface area contributed by atoms with E-state index >= 15 is 0 Å². The molecule has 0 unspecified atom stereocenters. The number of rotatable bonds is 9. The standard InChI is InChI=1S/C31H31FN6/c1-5-20(9-8-14-38(3)4)15-21(6-2)27-17-25-29(19-34-27)36-37-31(25)28-18-24-26(35-28)12-13-33-30(24)22-10-7-11-23(32)16-22/h5-7,10-13,15-19,35H,1,8-9,14H2,2-4H3,(H,36,37)/b20-15+,21-6+. The van der Waals surface area contributed by atoms with Crippen LogP contribution in [-0.2, 0) is 0 Å². The molecule has 0 bridgehead atoms. The number of nitrogens with zero attached hydrogens (tertiary/aromatic N) is 4. The van der Waals surface area contributed by atoms with E-state index in [9.17, 15) is 4.39 Å². The van der Waals surface area contributed by atoms with Crippen LogP contribution in [0.2, 0.25) is 0 Å². The molecule has 1 aromatic carbocycles. The number of allylic oxidation sites excluding steroid dienone is 5. The number of fused-ring (bicyclic) bond motifs is 2. The molecule has 0 aliphatic rings. The summed E-state index contributed by atoms with van der Waals surface area (Å²) in [5.41, 5.74) is 7.93. The third-order valence-electron chi connectivity index (χ3n) is 6.63. The van der Waals surface area contributed by atoms with Gasteiger partial charge >= 0.3 is 0 Å². The molecule has 38 heavy (non-hydrogen) atoms. The summed E-state index contributed by atoms with van der Waals surface area (Å²) >= 11 is 0. The van der Waals surface area contributed by atoms with Gasteiger partial charge in [0.05, 0.1) is 28.8 Å². The number of aromatic amines is 2. The van der Waals surface area contributed by atoms with E-state index in [4.69, 9.17) is 4.98 Å². The lowest BCUT2D eigenvalue weighted by Crippen LogP contribution is -2.12. The molecule has 2 N–H and O–H groups in total.